The van der Waals surface area contributed by atoms with Crippen LogP contribution in [0.15, 0.2) is 41.2 Å². The maximum absolute atomic E-state index is 13.0. The van der Waals surface area contributed by atoms with E-state index in [0.717, 1.165) is 38.1 Å². The van der Waals surface area contributed by atoms with Crippen molar-refractivity contribution in [2.24, 2.45) is 0 Å². The summed E-state index contributed by atoms with van der Waals surface area (Å²) in [7, 11) is 0. The monoisotopic (exact) mass is 441 g/mol. The normalized spacial score (nSPS) is 14.5. The van der Waals surface area contributed by atoms with Gasteiger partial charge >= 0.3 is 6.18 Å². The molecule has 0 unspecified atom stereocenters. The number of nitrogens with one attached hydrogen (secondary N) is 2. The molecule has 2 aromatic carbocycles. The van der Waals surface area contributed by atoms with E-state index in [2.05, 4.69) is 15.0 Å². The lowest BCUT2D eigenvalue weighted by molar-refractivity contribution is -0.137. The van der Waals surface area contributed by atoms with Crippen LogP contribution in [0, 0.1) is 0 Å². The third kappa shape index (κ3) is 3.28. The summed E-state index contributed by atoms with van der Waals surface area (Å²) in [6, 6.07) is 8.03. The molecule has 5 rings (SSSR count). The van der Waals surface area contributed by atoms with Crippen molar-refractivity contribution in [2.75, 3.05) is 18.8 Å². The number of alkyl halides is 3. The maximum Gasteiger partial charge on any atom is 0.416 e. The van der Waals surface area contributed by atoms with Gasteiger partial charge in [-0.15, -0.1) is 0 Å². The third-order valence-corrected chi connectivity index (χ3v) is 5.74. The Morgan fingerprint density at radius 3 is 2.50 bits per heavy atom. The second kappa shape index (κ2) is 7.11. The highest BCUT2D eigenvalue weighted by Crippen LogP contribution is 2.33. The van der Waals surface area contributed by atoms with Crippen molar-refractivity contribution in [2.45, 2.75) is 19.0 Å². The Bertz CT molecular complexity index is 1430. The number of benzene rings is 2. The molecule has 4 aromatic rings. The fourth-order valence-corrected chi connectivity index (χ4v) is 4.07. The molecule has 0 saturated carbocycles. The Morgan fingerprint density at radius 1 is 1.03 bits per heavy atom. The van der Waals surface area contributed by atoms with Gasteiger partial charge in [-0.1, -0.05) is 0 Å². The molecule has 1 amide bonds. The molecule has 2 aromatic heterocycles. The maximum atomic E-state index is 13.0. The lowest BCUT2D eigenvalue weighted by Crippen LogP contribution is -2.27. The number of H-pyrrole nitrogens is 2. The number of hydrogen-bond acceptors (Lipinski definition) is 4. The van der Waals surface area contributed by atoms with Gasteiger partial charge in [0.1, 0.15) is 0 Å². The topological polar surface area (TPSA) is 108 Å². The van der Waals surface area contributed by atoms with E-state index in [4.69, 9.17) is 5.73 Å². The Kier molecular flexibility index (Phi) is 4.47. The zero-order valence-corrected chi connectivity index (χ0v) is 16.7. The van der Waals surface area contributed by atoms with Crippen LogP contribution in [0.3, 0.4) is 0 Å². The van der Waals surface area contributed by atoms with Crippen LogP contribution in [0.2, 0.25) is 0 Å². The van der Waals surface area contributed by atoms with E-state index < -0.39 is 17.3 Å². The molecule has 1 fully saturated rings. The zero-order chi connectivity index (χ0) is 22.6. The van der Waals surface area contributed by atoms with Gasteiger partial charge in [-0.2, -0.15) is 13.2 Å². The molecule has 1 aliphatic rings. The molecule has 0 spiro atoms. The lowest BCUT2D eigenvalue weighted by Gasteiger charge is -2.15. The SMILES string of the molecule is Nc1c(-c2nc3ccc(C(F)(F)F)cc3[nH]c2=O)[nH]c2ccc(C(=O)N3CCCC3)cc12. The second-order valence-electron chi connectivity index (χ2n) is 7.82. The van der Waals surface area contributed by atoms with Gasteiger partial charge in [0.05, 0.1) is 28.0 Å². The van der Waals surface area contributed by atoms with Crippen molar-refractivity contribution in [3.05, 3.63) is 57.9 Å². The fraction of sp³-hybridized carbons (Fsp3) is 0.227. The summed E-state index contributed by atoms with van der Waals surface area (Å²) in [6.07, 6.45) is -2.58. The van der Waals surface area contributed by atoms with E-state index in [1.165, 1.54) is 6.07 Å². The van der Waals surface area contributed by atoms with E-state index in [1.807, 2.05) is 0 Å². The van der Waals surface area contributed by atoms with Gasteiger partial charge in [0.2, 0.25) is 0 Å². The van der Waals surface area contributed by atoms with E-state index in [0.29, 0.717) is 16.5 Å². The molecular formula is C22H18F3N5O2. The number of hydrogen-bond donors (Lipinski definition) is 3. The molecule has 1 aliphatic heterocycles. The van der Waals surface area contributed by atoms with Gasteiger partial charge in [-0.25, -0.2) is 4.98 Å². The minimum atomic E-state index is -4.53. The summed E-state index contributed by atoms with van der Waals surface area (Å²) in [5.74, 6) is -0.0753. The Labute approximate surface area is 179 Å². The van der Waals surface area contributed by atoms with E-state index in [9.17, 15) is 22.8 Å². The Morgan fingerprint density at radius 2 is 1.78 bits per heavy atom. The highest BCUT2D eigenvalue weighted by Gasteiger charge is 2.31. The van der Waals surface area contributed by atoms with Crippen molar-refractivity contribution in [1.29, 1.82) is 0 Å². The van der Waals surface area contributed by atoms with Crippen molar-refractivity contribution in [1.82, 2.24) is 19.9 Å². The number of amides is 1. The summed E-state index contributed by atoms with van der Waals surface area (Å²) in [4.78, 5) is 36.9. The first kappa shape index (κ1) is 20.1. The first-order valence-electron chi connectivity index (χ1n) is 10.0. The molecule has 10 heteroatoms. The molecule has 0 bridgehead atoms. The van der Waals surface area contributed by atoms with Gasteiger partial charge in [-0.3, -0.25) is 9.59 Å². The number of nitrogen functional groups attached to an aromatic ring is 1. The highest BCUT2D eigenvalue weighted by molar-refractivity contribution is 6.04. The van der Waals surface area contributed by atoms with Crippen LogP contribution in [0.25, 0.3) is 33.3 Å². The predicted octanol–water partition coefficient (Wildman–Crippen LogP) is 3.91. The third-order valence-electron chi connectivity index (χ3n) is 5.74. The number of likely N-dealkylation sites (tertiary alicyclic amines) is 1. The number of anilines is 1. The van der Waals surface area contributed by atoms with Gasteiger partial charge in [-0.05, 0) is 49.2 Å². The number of aromatic amines is 2. The minimum Gasteiger partial charge on any atom is -0.396 e. The Balaban J connectivity index is 1.59. The average molecular weight is 441 g/mol. The van der Waals surface area contributed by atoms with Crippen molar-refractivity contribution < 1.29 is 18.0 Å². The van der Waals surface area contributed by atoms with Gasteiger partial charge in [0.25, 0.3) is 11.5 Å². The van der Waals surface area contributed by atoms with E-state index in [1.54, 1.807) is 23.1 Å². The summed E-state index contributed by atoms with van der Waals surface area (Å²) < 4.78 is 38.9. The van der Waals surface area contributed by atoms with Crippen LogP contribution >= 0.6 is 0 Å². The summed E-state index contributed by atoms with van der Waals surface area (Å²) in [6.45, 7) is 1.44. The van der Waals surface area contributed by atoms with Crippen molar-refractivity contribution in [3.63, 3.8) is 0 Å². The first-order valence-corrected chi connectivity index (χ1v) is 10.0. The van der Waals surface area contributed by atoms with Crippen LogP contribution < -0.4 is 11.3 Å². The highest BCUT2D eigenvalue weighted by atomic mass is 19.4. The first-order chi connectivity index (χ1) is 15.2. The minimum absolute atomic E-state index is 0.0262. The van der Waals surface area contributed by atoms with Crippen LogP contribution in [0.5, 0.6) is 0 Å². The predicted molar refractivity (Wildman–Crippen MR) is 114 cm³/mol. The average Bonchev–Trinajstić information content (AvgIpc) is 3.40. The molecule has 7 nitrogen and oxygen atoms in total. The number of fused-ring (bicyclic) bond motifs is 2. The molecule has 164 valence electrons. The molecule has 32 heavy (non-hydrogen) atoms. The lowest BCUT2D eigenvalue weighted by atomic mass is 10.1. The number of aromatic nitrogens is 3. The van der Waals surface area contributed by atoms with Crippen LogP contribution in [-0.4, -0.2) is 38.8 Å². The molecular weight excluding hydrogens is 423 g/mol. The molecule has 4 N–H and O–H groups in total. The van der Waals surface area contributed by atoms with Crippen molar-refractivity contribution in [3.8, 4) is 11.4 Å². The molecule has 0 atom stereocenters. The van der Waals surface area contributed by atoms with Crippen molar-refractivity contribution >= 4 is 33.5 Å². The van der Waals surface area contributed by atoms with E-state index in [-0.39, 0.29) is 34.0 Å². The van der Waals surface area contributed by atoms with Gasteiger partial charge < -0.3 is 20.6 Å². The van der Waals surface area contributed by atoms with Crippen LogP contribution in [0.4, 0.5) is 18.9 Å². The van der Waals surface area contributed by atoms with Crippen LogP contribution in [-0.2, 0) is 6.18 Å². The smallest absolute Gasteiger partial charge is 0.396 e. The number of nitrogens with two attached hydrogens (primary N) is 1. The molecule has 0 aliphatic carbocycles. The Hall–Kier alpha value is -3.82. The summed E-state index contributed by atoms with van der Waals surface area (Å²) in [5.41, 5.74) is 6.45. The quantitative estimate of drug-likeness (QED) is 0.438. The number of carbonyl (C=O) groups is 1. The molecule has 0 radical (unpaired) electrons. The van der Waals surface area contributed by atoms with Crippen LogP contribution in [0.1, 0.15) is 28.8 Å². The van der Waals surface area contributed by atoms with Gasteiger partial charge in [0, 0.05) is 29.6 Å². The molecule has 3 heterocycles. The zero-order valence-electron chi connectivity index (χ0n) is 16.7. The fourth-order valence-electron chi connectivity index (χ4n) is 4.07. The number of nitrogens with zero attached hydrogens (tertiary/aromatic N) is 2. The second-order valence-corrected chi connectivity index (χ2v) is 7.82. The largest absolute Gasteiger partial charge is 0.416 e. The number of carbonyl (C=O) groups excluding carboxylic acids is 1. The number of halogens is 3. The number of rotatable bonds is 2. The standard InChI is InChI=1S/C22H18F3N5O2/c23-22(24,25)12-4-6-15-16(10-12)29-20(31)19(28-15)18-17(26)13-9-11(3-5-14(13)27-18)21(32)30-7-1-2-8-30/h3-6,9-10,27H,1-2,7-8,26H2,(H,29,31). The summed E-state index contributed by atoms with van der Waals surface area (Å²) >= 11 is 0. The summed E-state index contributed by atoms with van der Waals surface area (Å²) in [5, 5.41) is 0.568. The molecule has 1 saturated heterocycles. The van der Waals surface area contributed by atoms with Gasteiger partial charge in [0.15, 0.2) is 5.69 Å². The van der Waals surface area contributed by atoms with E-state index >= 15 is 0 Å².